The van der Waals surface area contributed by atoms with Crippen LogP contribution >= 0.6 is 0 Å². The van der Waals surface area contributed by atoms with Gasteiger partial charge in [-0.15, -0.1) is 0 Å². The van der Waals surface area contributed by atoms with Crippen LogP contribution in [0.5, 0.6) is 11.5 Å². The van der Waals surface area contributed by atoms with E-state index >= 15 is 0 Å². The molecule has 0 radical (unpaired) electrons. The van der Waals surface area contributed by atoms with Crippen molar-refractivity contribution in [1.82, 2.24) is 5.32 Å². The van der Waals surface area contributed by atoms with Crippen molar-refractivity contribution in [3.8, 4) is 11.5 Å². The molecule has 1 fully saturated rings. The highest BCUT2D eigenvalue weighted by atomic mass is 16.6. The van der Waals surface area contributed by atoms with Gasteiger partial charge >= 0.3 is 0 Å². The molecular formula is C20H22N2O3. The van der Waals surface area contributed by atoms with E-state index in [0.717, 1.165) is 18.7 Å². The molecule has 1 atom stereocenters. The molecule has 0 aliphatic carbocycles. The molecule has 0 unspecified atom stereocenters. The summed E-state index contributed by atoms with van der Waals surface area (Å²) >= 11 is 0. The van der Waals surface area contributed by atoms with E-state index in [4.69, 9.17) is 9.47 Å². The Labute approximate surface area is 147 Å². The first-order valence-electron chi connectivity index (χ1n) is 8.80. The van der Waals surface area contributed by atoms with Gasteiger partial charge in [-0.2, -0.15) is 0 Å². The summed E-state index contributed by atoms with van der Waals surface area (Å²) in [6.45, 7) is 2.99. The summed E-state index contributed by atoms with van der Waals surface area (Å²) in [5.41, 5.74) is 2.33. The molecular weight excluding hydrogens is 316 g/mol. The second-order valence-corrected chi connectivity index (χ2v) is 6.44. The Morgan fingerprint density at radius 2 is 1.76 bits per heavy atom. The third-order valence-electron chi connectivity index (χ3n) is 4.68. The van der Waals surface area contributed by atoms with Crippen LogP contribution in [0, 0.1) is 0 Å². The summed E-state index contributed by atoms with van der Waals surface area (Å²) in [6.07, 6.45) is 1.92. The number of rotatable bonds is 4. The summed E-state index contributed by atoms with van der Waals surface area (Å²) < 4.78 is 11.3. The number of carbonyl (C=O) groups is 1. The van der Waals surface area contributed by atoms with Gasteiger partial charge < -0.3 is 19.7 Å². The predicted molar refractivity (Wildman–Crippen MR) is 96.1 cm³/mol. The minimum Gasteiger partial charge on any atom is -0.485 e. The van der Waals surface area contributed by atoms with Crippen LogP contribution in [0.25, 0.3) is 0 Å². The molecule has 0 spiro atoms. The van der Waals surface area contributed by atoms with Crippen molar-refractivity contribution in [1.29, 1.82) is 0 Å². The fourth-order valence-electron chi connectivity index (χ4n) is 3.25. The monoisotopic (exact) mass is 338 g/mol. The van der Waals surface area contributed by atoms with Crippen molar-refractivity contribution in [2.24, 2.45) is 0 Å². The van der Waals surface area contributed by atoms with Crippen molar-refractivity contribution in [2.75, 3.05) is 24.6 Å². The van der Waals surface area contributed by atoms with E-state index < -0.39 is 6.10 Å². The van der Waals surface area contributed by atoms with Gasteiger partial charge in [-0.1, -0.05) is 24.3 Å². The number of para-hydroxylation sites is 2. The molecule has 0 bridgehead atoms. The first-order chi connectivity index (χ1) is 12.3. The molecule has 2 aromatic carbocycles. The highest BCUT2D eigenvalue weighted by molar-refractivity contribution is 5.81. The van der Waals surface area contributed by atoms with E-state index in [-0.39, 0.29) is 12.5 Å². The van der Waals surface area contributed by atoms with E-state index in [0.29, 0.717) is 18.0 Å². The zero-order chi connectivity index (χ0) is 17.1. The number of carbonyl (C=O) groups excluding carboxylic acids is 1. The minimum absolute atomic E-state index is 0.155. The van der Waals surface area contributed by atoms with Gasteiger partial charge in [0, 0.05) is 25.3 Å². The van der Waals surface area contributed by atoms with E-state index in [1.165, 1.54) is 18.5 Å². The molecule has 1 amide bonds. The molecule has 0 saturated carbocycles. The normalized spacial score (nSPS) is 18.9. The number of nitrogens with zero attached hydrogens (tertiary/aromatic N) is 1. The second-order valence-electron chi connectivity index (χ2n) is 6.44. The molecule has 1 N–H and O–H groups in total. The molecule has 2 aromatic rings. The maximum atomic E-state index is 12.3. The number of ether oxygens (including phenoxy) is 2. The lowest BCUT2D eigenvalue weighted by molar-refractivity contribution is -0.130. The lowest BCUT2D eigenvalue weighted by Gasteiger charge is -2.25. The number of amides is 1. The van der Waals surface area contributed by atoms with Crippen LogP contribution in [0.3, 0.4) is 0 Å². The molecule has 5 nitrogen and oxygen atoms in total. The third kappa shape index (κ3) is 3.55. The zero-order valence-corrected chi connectivity index (χ0v) is 14.1. The van der Waals surface area contributed by atoms with Crippen molar-refractivity contribution in [2.45, 2.75) is 25.5 Å². The van der Waals surface area contributed by atoms with Crippen LogP contribution in [0.2, 0.25) is 0 Å². The molecule has 2 heterocycles. The Morgan fingerprint density at radius 1 is 1.04 bits per heavy atom. The predicted octanol–water partition coefficient (Wildman–Crippen LogP) is 2.74. The Hall–Kier alpha value is -2.69. The third-order valence-corrected chi connectivity index (χ3v) is 4.68. The summed E-state index contributed by atoms with van der Waals surface area (Å²) in [7, 11) is 0. The lowest BCUT2D eigenvalue weighted by Crippen LogP contribution is -2.43. The molecule has 5 heteroatoms. The van der Waals surface area contributed by atoms with E-state index in [1.54, 1.807) is 0 Å². The Kier molecular flexibility index (Phi) is 4.46. The van der Waals surface area contributed by atoms with E-state index in [2.05, 4.69) is 34.5 Å². The summed E-state index contributed by atoms with van der Waals surface area (Å²) in [6, 6.07) is 15.8. The quantitative estimate of drug-likeness (QED) is 0.931. The average molecular weight is 338 g/mol. The second kappa shape index (κ2) is 7.05. The maximum Gasteiger partial charge on any atom is 0.264 e. The number of hydrogen-bond donors (Lipinski definition) is 1. The fourth-order valence-corrected chi connectivity index (χ4v) is 3.25. The molecule has 2 aliphatic heterocycles. The Balaban J connectivity index is 1.31. The van der Waals surface area contributed by atoms with Crippen LogP contribution < -0.4 is 19.7 Å². The molecule has 25 heavy (non-hydrogen) atoms. The number of hydrogen-bond acceptors (Lipinski definition) is 4. The number of fused-ring (bicyclic) bond motifs is 1. The van der Waals surface area contributed by atoms with Crippen LogP contribution in [0.1, 0.15) is 18.4 Å². The maximum absolute atomic E-state index is 12.3. The van der Waals surface area contributed by atoms with Gasteiger partial charge in [-0.3, -0.25) is 4.79 Å². The van der Waals surface area contributed by atoms with Crippen LogP contribution in [-0.4, -0.2) is 31.7 Å². The smallest absolute Gasteiger partial charge is 0.264 e. The van der Waals surface area contributed by atoms with Gasteiger partial charge in [0.15, 0.2) is 11.5 Å². The van der Waals surface area contributed by atoms with Crippen LogP contribution in [0.4, 0.5) is 5.69 Å². The molecule has 130 valence electrons. The molecule has 1 saturated heterocycles. The van der Waals surface area contributed by atoms with Crippen molar-refractivity contribution >= 4 is 11.6 Å². The van der Waals surface area contributed by atoms with Gasteiger partial charge in [0.1, 0.15) is 6.61 Å². The lowest BCUT2D eigenvalue weighted by atomic mass is 10.2. The van der Waals surface area contributed by atoms with Gasteiger partial charge in [0.05, 0.1) is 0 Å². The van der Waals surface area contributed by atoms with Crippen LogP contribution in [0.15, 0.2) is 48.5 Å². The van der Waals surface area contributed by atoms with Gasteiger partial charge in [-0.05, 0) is 42.7 Å². The molecule has 4 rings (SSSR count). The molecule has 2 aliphatic rings. The van der Waals surface area contributed by atoms with Crippen molar-refractivity contribution < 1.29 is 14.3 Å². The van der Waals surface area contributed by atoms with Crippen LogP contribution in [-0.2, 0) is 11.3 Å². The first kappa shape index (κ1) is 15.8. The van der Waals surface area contributed by atoms with E-state index in [1.807, 2.05) is 24.3 Å². The Bertz CT molecular complexity index is 739. The minimum atomic E-state index is -0.612. The van der Waals surface area contributed by atoms with Gasteiger partial charge in [0.25, 0.3) is 5.91 Å². The van der Waals surface area contributed by atoms with E-state index in [9.17, 15) is 4.79 Å². The average Bonchev–Trinajstić information content (AvgIpc) is 3.21. The first-order valence-corrected chi connectivity index (χ1v) is 8.80. The number of benzene rings is 2. The largest absolute Gasteiger partial charge is 0.485 e. The van der Waals surface area contributed by atoms with Gasteiger partial charge in [-0.25, -0.2) is 0 Å². The van der Waals surface area contributed by atoms with Crippen molar-refractivity contribution in [3.63, 3.8) is 0 Å². The SMILES string of the molecule is O=C(NCc1ccc(N2CCCC2)cc1)[C@@H]1COc2ccccc2O1. The standard InChI is InChI=1S/C20H22N2O3/c23-20(19-14-24-17-5-1-2-6-18(17)25-19)21-13-15-7-9-16(10-8-15)22-11-3-4-12-22/h1-2,5-10,19H,3-4,11-14H2,(H,21,23)/t19-/m0/s1. The zero-order valence-electron chi connectivity index (χ0n) is 14.1. The Morgan fingerprint density at radius 3 is 2.52 bits per heavy atom. The van der Waals surface area contributed by atoms with Gasteiger partial charge in [0.2, 0.25) is 6.10 Å². The highest BCUT2D eigenvalue weighted by Gasteiger charge is 2.26. The summed E-state index contributed by atoms with van der Waals surface area (Å²) in [4.78, 5) is 14.7. The number of anilines is 1. The van der Waals surface area contributed by atoms with Crippen molar-refractivity contribution in [3.05, 3.63) is 54.1 Å². The molecule has 0 aromatic heterocycles. The highest BCUT2D eigenvalue weighted by Crippen LogP contribution is 2.30. The fraction of sp³-hybridized carbons (Fsp3) is 0.350. The summed E-state index contributed by atoms with van der Waals surface area (Å²) in [5.74, 6) is 1.14. The number of nitrogens with one attached hydrogen (secondary N) is 1. The topological polar surface area (TPSA) is 50.8 Å². The summed E-state index contributed by atoms with van der Waals surface area (Å²) in [5, 5.41) is 2.93.